The highest BCUT2D eigenvalue weighted by Gasteiger charge is 2.03. The van der Waals surface area contributed by atoms with Gasteiger partial charge in [-0.15, -0.1) is 0 Å². The van der Waals surface area contributed by atoms with E-state index in [9.17, 15) is 0 Å². The molecule has 0 atom stereocenters. The molecule has 0 aliphatic heterocycles. The van der Waals surface area contributed by atoms with Crippen LogP contribution in [0.3, 0.4) is 0 Å². The lowest BCUT2D eigenvalue weighted by molar-refractivity contribution is 0.180. The maximum Gasteiger partial charge on any atom is 0.191 e. The van der Waals surface area contributed by atoms with Crippen LogP contribution in [0.2, 0.25) is 0 Å². The summed E-state index contributed by atoms with van der Waals surface area (Å²) in [5.41, 5.74) is 1.20. The number of hydrogen-bond donors (Lipinski definition) is 2. The van der Waals surface area contributed by atoms with Gasteiger partial charge in [0.05, 0.1) is 0 Å². The number of methoxy groups -OCH3 is 1. The summed E-state index contributed by atoms with van der Waals surface area (Å²) in [6, 6.07) is 8.25. The summed E-state index contributed by atoms with van der Waals surface area (Å²) in [6.45, 7) is 12.5. The van der Waals surface area contributed by atoms with Crippen LogP contribution in [0, 0.1) is 0 Å². The van der Waals surface area contributed by atoms with Crippen molar-refractivity contribution in [2.24, 2.45) is 4.99 Å². The van der Waals surface area contributed by atoms with Crippen LogP contribution in [0.15, 0.2) is 29.3 Å². The third kappa shape index (κ3) is 11.7. The van der Waals surface area contributed by atoms with Gasteiger partial charge in [0.25, 0.3) is 0 Å². The van der Waals surface area contributed by atoms with Crippen molar-refractivity contribution in [3.63, 3.8) is 0 Å². The van der Waals surface area contributed by atoms with Crippen LogP contribution >= 0.6 is 0 Å². The molecule has 0 radical (unpaired) electrons. The molecular weight excluding hydrogens is 366 g/mol. The van der Waals surface area contributed by atoms with Crippen LogP contribution in [0.5, 0.6) is 5.75 Å². The van der Waals surface area contributed by atoms with E-state index in [-0.39, 0.29) is 0 Å². The minimum Gasteiger partial charge on any atom is -0.492 e. The van der Waals surface area contributed by atoms with Gasteiger partial charge in [0.2, 0.25) is 0 Å². The Bertz CT molecular complexity index is 547. The van der Waals surface area contributed by atoms with Crippen molar-refractivity contribution in [2.45, 2.75) is 26.8 Å². The molecule has 0 saturated heterocycles. The molecule has 0 aromatic heterocycles. The Morgan fingerprint density at radius 2 is 1.72 bits per heavy atom. The van der Waals surface area contributed by atoms with Gasteiger partial charge in [0.15, 0.2) is 5.96 Å². The smallest absolute Gasteiger partial charge is 0.191 e. The molecule has 7 heteroatoms. The number of rotatable bonds is 15. The molecule has 0 spiro atoms. The lowest BCUT2D eigenvalue weighted by Crippen LogP contribution is -2.40. The van der Waals surface area contributed by atoms with E-state index < -0.39 is 0 Å². The van der Waals surface area contributed by atoms with Gasteiger partial charge in [-0.25, -0.2) is 0 Å². The largest absolute Gasteiger partial charge is 0.492 e. The zero-order chi connectivity index (χ0) is 21.3. The Kier molecular flexibility index (Phi) is 13.9. The van der Waals surface area contributed by atoms with Gasteiger partial charge in [0.1, 0.15) is 12.4 Å². The number of hydrogen-bond acceptors (Lipinski definition) is 5. The van der Waals surface area contributed by atoms with Gasteiger partial charge in [-0.3, -0.25) is 4.99 Å². The SMILES string of the molecule is CCN(CC)CCOc1ccc(CNC(=NC)NCCN(C)CCCOC)cc1. The monoisotopic (exact) mass is 407 g/mol. The fraction of sp³-hybridized carbons (Fsp3) is 0.682. The third-order valence-electron chi connectivity index (χ3n) is 4.85. The van der Waals surface area contributed by atoms with Gasteiger partial charge < -0.3 is 29.9 Å². The number of guanidine groups is 1. The lowest BCUT2D eigenvalue weighted by atomic mass is 10.2. The van der Waals surface area contributed by atoms with E-state index in [1.165, 1.54) is 5.56 Å². The highest BCUT2D eigenvalue weighted by atomic mass is 16.5. The zero-order valence-corrected chi connectivity index (χ0v) is 19.0. The van der Waals surface area contributed by atoms with Crippen molar-refractivity contribution in [1.29, 1.82) is 0 Å². The van der Waals surface area contributed by atoms with E-state index in [0.29, 0.717) is 0 Å². The zero-order valence-electron chi connectivity index (χ0n) is 19.0. The van der Waals surface area contributed by atoms with E-state index in [1.54, 1.807) is 14.2 Å². The number of nitrogens with one attached hydrogen (secondary N) is 2. The molecule has 166 valence electrons. The minimum atomic E-state index is 0.718. The number of likely N-dealkylation sites (N-methyl/N-ethyl adjacent to an activating group) is 2. The topological polar surface area (TPSA) is 61.4 Å². The third-order valence-corrected chi connectivity index (χ3v) is 4.85. The van der Waals surface area contributed by atoms with Crippen LogP contribution in [-0.4, -0.2) is 89.4 Å². The normalized spacial score (nSPS) is 11.9. The molecule has 7 nitrogen and oxygen atoms in total. The van der Waals surface area contributed by atoms with Crippen LogP contribution in [0.1, 0.15) is 25.8 Å². The van der Waals surface area contributed by atoms with Crippen molar-refractivity contribution in [3.05, 3.63) is 29.8 Å². The summed E-state index contributed by atoms with van der Waals surface area (Å²) in [7, 11) is 5.66. The molecule has 0 bridgehead atoms. The summed E-state index contributed by atoms with van der Waals surface area (Å²) in [5, 5.41) is 6.72. The van der Waals surface area contributed by atoms with E-state index in [1.807, 2.05) is 12.1 Å². The second-order valence-corrected chi connectivity index (χ2v) is 7.02. The first-order chi connectivity index (χ1) is 14.1. The van der Waals surface area contributed by atoms with Gasteiger partial charge >= 0.3 is 0 Å². The molecule has 0 amide bonds. The number of ether oxygens (including phenoxy) is 2. The molecule has 1 aromatic rings. The first kappa shape index (κ1) is 25.2. The van der Waals surface area contributed by atoms with Crippen molar-refractivity contribution >= 4 is 5.96 Å². The van der Waals surface area contributed by atoms with Crippen molar-refractivity contribution in [2.75, 3.05) is 73.7 Å². The standard InChI is InChI=1S/C22H41N5O2/c1-6-27(7-2)16-18-29-21-11-9-20(10-12-21)19-25-22(23-3)24-13-15-26(4)14-8-17-28-5/h9-12H,6-8,13-19H2,1-5H3,(H2,23,24,25). The predicted octanol–water partition coefficient (Wildman–Crippen LogP) is 2.04. The molecule has 0 heterocycles. The summed E-state index contributed by atoms with van der Waals surface area (Å²) >= 11 is 0. The van der Waals surface area contributed by atoms with Gasteiger partial charge in [-0.2, -0.15) is 0 Å². The molecule has 0 saturated carbocycles. The Labute approximate surface area is 177 Å². The Morgan fingerprint density at radius 1 is 1.00 bits per heavy atom. The Hall–Kier alpha value is -1.83. The van der Waals surface area contributed by atoms with Crippen molar-refractivity contribution in [1.82, 2.24) is 20.4 Å². The molecular formula is C22H41N5O2. The van der Waals surface area contributed by atoms with Gasteiger partial charge in [-0.05, 0) is 44.3 Å². The molecule has 0 aliphatic rings. The first-order valence-electron chi connectivity index (χ1n) is 10.7. The number of nitrogens with zero attached hydrogens (tertiary/aromatic N) is 3. The van der Waals surface area contributed by atoms with Crippen LogP contribution in [-0.2, 0) is 11.3 Å². The van der Waals surface area contributed by atoms with E-state index >= 15 is 0 Å². The fourth-order valence-corrected chi connectivity index (χ4v) is 2.90. The number of benzene rings is 1. The molecule has 0 unspecified atom stereocenters. The van der Waals surface area contributed by atoms with Crippen molar-refractivity contribution in [3.8, 4) is 5.75 Å². The molecule has 1 aromatic carbocycles. The summed E-state index contributed by atoms with van der Waals surface area (Å²) in [5.74, 6) is 1.73. The average molecular weight is 408 g/mol. The van der Waals surface area contributed by atoms with Crippen LogP contribution in [0.4, 0.5) is 0 Å². The maximum absolute atomic E-state index is 5.84. The second-order valence-electron chi connectivity index (χ2n) is 7.02. The quantitative estimate of drug-likeness (QED) is 0.264. The predicted molar refractivity (Wildman–Crippen MR) is 122 cm³/mol. The van der Waals surface area contributed by atoms with E-state index in [4.69, 9.17) is 9.47 Å². The lowest BCUT2D eigenvalue weighted by Gasteiger charge is -2.18. The molecule has 29 heavy (non-hydrogen) atoms. The molecule has 2 N–H and O–H groups in total. The van der Waals surface area contributed by atoms with E-state index in [0.717, 1.165) is 77.2 Å². The maximum atomic E-state index is 5.84. The highest BCUT2D eigenvalue weighted by Crippen LogP contribution is 2.12. The summed E-state index contributed by atoms with van der Waals surface area (Å²) < 4.78 is 10.9. The van der Waals surface area contributed by atoms with Crippen molar-refractivity contribution < 1.29 is 9.47 Å². The highest BCUT2D eigenvalue weighted by molar-refractivity contribution is 5.79. The molecule has 0 fully saturated rings. The number of aliphatic imine (C=N–C) groups is 1. The Morgan fingerprint density at radius 3 is 2.34 bits per heavy atom. The molecule has 0 aliphatic carbocycles. The summed E-state index contributed by atoms with van der Waals surface area (Å²) in [6.07, 6.45) is 1.05. The van der Waals surface area contributed by atoms with Crippen LogP contribution < -0.4 is 15.4 Å². The van der Waals surface area contributed by atoms with Gasteiger partial charge in [-0.1, -0.05) is 26.0 Å². The fourth-order valence-electron chi connectivity index (χ4n) is 2.90. The Balaban J connectivity index is 2.27. The average Bonchev–Trinajstić information content (AvgIpc) is 2.74. The molecule has 1 rings (SSSR count). The second kappa shape index (κ2) is 16.0. The first-order valence-corrected chi connectivity index (χ1v) is 10.7. The van der Waals surface area contributed by atoms with Gasteiger partial charge in [0, 0.05) is 53.5 Å². The minimum absolute atomic E-state index is 0.718. The van der Waals surface area contributed by atoms with E-state index in [2.05, 4.69) is 58.5 Å². The summed E-state index contributed by atoms with van der Waals surface area (Å²) in [4.78, 5) is 8.94. The van der Waals surface area contributed by atoms with Crippen LogP contribution in [0.25, 0.3) is 0 Å².